The summed E-state index contributed by atoms with van der Waals surface area (Å²) in [4.78, 5) is 0. The highest BCUT2D eigenvalue weighted by Gasteiger charge is 2.12. The van der Waals surface area contributed by atoms with Crippen LogP contribution in [0.1, 0.15) is 24.2 Å². The van der Waals surface area contributed by atoms with Crippen LogP contribution in [0, 0.1) is 0 Å². The Morgan fingerprint density at radius 3 is 2.61 bits per heavy atom. The first-order valence-corrected chi connectivity index (χ1v) is 8.38. The molecule has 0 bridgehead atoms. The first kappa shape index (κ1) is 17.8. The largest absolute Gasteiger partial charge is 0.492 e. The van der Waals surface area contributed by atoms with E-state index in [2.05, 4.69) is 21.2 Å². The van der Waals surface area contributed by atoms with Crippen molar-refractivity contribution in [2.24, 2.45) is 0 Å². The Hall–Kier alpha value is -1.56. The molecule has 2 rings (SSSR count). The molecule has 0 aliphatic rings. The zero-order valence-electron chi connectivity index (χ0n) is 13.4. The zero-order valence-corrected chi connectivity index (χ0v) is 15.0. The molecule has 0 saturated heterocycles. The minimum absolute atomic E-state index is 0.484. The highest BCUT2D eigenvalue weighted by molar-refractivity contribution is 9.10. The number of nitrogens with one attached hydrogen (secondary N) is 1. The fraction of sp³-hybridized carbons (Fsp3) is 0.333. The summed E-state index contributed by atoms with van der Waals surface area (Å²) in [6.45, 7) is 3.63. The van der Waals surface area contributed by atoms with Crippen LogP contribution < -0.4 is 14.8 Å². The van der Waals surface area contributed by atoms with E-state index in [0.717, 1.165) is 15.6 Å². The lowest BCUT2D eigenvalue weighted by molar-refractivity contribution is 0.174. The van der Waals surface area contributed by atoms with Crippen molar-refractivity contribution in [3.05, 3.63) is 58.1 Å². The van der Waals surface area contributed by atoms with E-state index in [0.29, 0.717) is 31.2 Å². The third-order valence-corrected chi connectivity index (χ3v) is 4.01. The fourth-order valence-corrected chi connectivity index (χ4v) is 2.98. The topological polar surface area (TPSA) is 50.7 Å². The summed E-state index contributed by atoms with van der Waals surface area (Å²) in [7, 11) is 1.62. The lowest BCUT2D eigenvalue weighted by Gasteiger charge is -2.15. The molecule has 1 atom stereocenters. The quantitative estimate of drug-likeness (QED) is 0.734. The number of hydrogen-bond donors (Lipinski definition) is 2. The smallest absolute Gasteiger partial charge is 0.174 e. The molecule has 0 aliphatic heterocycles. The zero-order chi connectivity index (χ0) is 16.7. The highest BCUT2D eigenvalue weighted by atomic mass is 79.9. The van der Waals surface area contributed by atoms with Gasteiger partial charge in [0, 0.05) is 13.1 Å². The molecule has 0 fully saturated rings. The monoisotopic (exact) mass is 379 g/mol. The van der Waals surface area contributed by atoms with Crippen LogP contribution in [0.25, 0.3) is 0 Å². The molecular weight excluding hydrogens is 358 g/mol. The summed E-state index contributed by atoms with van der Waals surface area (Å²) in [6.07, 6.45) is -0.524. The van der Waals surface area contributed by atoms with Crippen LogP contribution in [0.15, 0.2) is 46.9 Å². The molecule has 5 heteroatoms. The van der Waals surface area contributed by atoms with Gasteiger partial charge in [-0.2, -0.15) is 0 Å². The minimum atomic E-state index is -0.524. The average Bonchev–Trinajstić information content (AvgIpc) is 2.56. The molecule has 0 aliphatic carbocycles. The lowest BCUT2D eigenvalue weighted by atomic mass is 10.1. The lowest BCUT2D eigenvalue weighted by Crippen LogP contribution is -2.21. The van der Waals surface area contributed by atoms with Crippen LogP contribution in [0.2, 0.25) is 0 Å². The third kappa shape index (κ3) is 4.96. The minimum Gasteiger partial charge on any atom is -0.492 e. The second-order valence-electron chi connectivity index (χ2n) is 5.10. The molecule has 4 nitrogen and oxygen atoms in total. The van der Waals surface area contributed by atoms with Gasteiger partial charge in [0.25, 0.3) is 0 Å². The number of ether oxygens (including phenoxy) is 2. The number of methoxy groups -OCH3 is 1. The van der Waals surface area contributed by atoms with Gasteiger partial charge >= 0.3 is 0 Å². The number of benzene rings is 2. The highest BCUT2D eigenvalue weighted by Crippen LogP contribution is 2.36. The molecule has 2 aromatic carbocycles. The van der Waals surface area contributed by atoms with E-state index in [1.807, 2.05) is 49.4 Å². The summed E-state index contributed by atoms with van der Waals surface area (Å²) in [5.41, 5.74) is 1.97. The van der Waals surface area contributed by atoms with Gasteiger partial charge in [-0.1, -0.05) is 30.3 Å². The molecule has 2 N–H and O–H groups in total. The molecule has 2 aromatic rings. The Labute approximate surface area is 145 Å². The van der Waals surface area contributed by atoms with Crippen molar-refractivity contribution in [3.63, 3.8) is 0 Å². The van der Waals surface area contributed by atoms with Crippen LogP contribution in [0.5, 0.6) is 11.5 Å². The molecule has 23 heavy (non-hydrogen) atoms. The standard InChI is InChI=1S/C18H22BrNO3/c1-3-23-17-10-13(9-15(19)18(17)22-2)11-20-12-16(21)14-7-5-4-6-8-14/h4-10,16,20-21H,3,11-12H2,1-2H3/t16-/m0/s1. The van der Waals surface area contributed by atoms with Crippen molar-refractivity contribution in [2.45, 2.75) is 19.6 Å². The van der Waals surface area contributed by atoms with Crippen molar-refractivity contribution in [1.82, 2.24) is 5.32 Å². The van der Waals surface area contributed by atoms with Crippen LogP contribution >= 0.6 is 15.9 Å². The molecule has 0 amide bonds. The molecule has 0 radical (unpaired) electrons. The summed E-state index contributed by atoms with van der Waals surface area (Å²) in [5.74, 6) is 1.41. The van der Waals surface area contributed by atoms with Gasteiger partial charge in [0.15, 0.2) is 11.5 Å². The molecule has 0 aromatic heterocycles. The van der Waals surface area contributed by atoms with E-state index in [1.54, 1.807) is 7.11 Å². The van der Waals surface area contributed by atoms with Crippen molar-refractivity contribution in [1.29, 1.82) is 0 Å². The molecule has 0 saturated carbocycles. The third-order valence-electron chi connectivity index (χ3n) is 3.42. The first-order chi connectivity index (χ1) is 11.2. The number of halogens is 1. The van der Waals surface area contributed by atoms with Crippen molar-refractivity contribution < 1.29 is 14.6 Å². The normalized spacial score (nSPS) is 12.0. The van der Waals surface area contributed by atoms with Gasteiger partial charge < -0.3 is 19.9 Å². The SMILES string of the molecule is CCOc1cc(CNC[C@H](O)c2ccccc2)cc(Br)c1OC. The first-order valence-electron chi connectivity index (χ1n) is 7.58. The Morgan fingerprint density at radius 1 is 1.22 bits per heavy atom. The van der Waals surface area contributed by atoms with Crippen molar-refractivity contribution >= 4 is 15.9 Å². The molecule has 0 spiro atoms. The van der Waals surface area contributed by atoms with Gasteiger partial charge in [0.1, 0.15) is 0 Å². The maximum absolute atomic E-state index is 10.2. The second kappa shape index (κ2) is 8.91. The number of hydrogen-bond acceptors (Lipinski definition) is 4. The van der Waals surface area contributed by atoms with Gasteiger partial charge in [0.05, 0.1) is 24.3 Å². The average molecular weight is 380 g/mol. The molecule has 124 valence electrons. The summed E-state index contributed by atoms with van der Waals surface area (Å²) in [5, 5.41) is 13.4. The van der Waals surface area contributed by atoms with Crippen LogP contribution in [-0.4, -0.2) is 25.4 Å². The fourth-order valence-electron chi connectivity index (χ4n) is 2.33. The maximum atomic E-state index is 10.2. The second-order valence-corrected chi connectivity index (χ2v) is 5.95. The molecular formula is C18H22BrNO3. The Balaban J connectivity index is 1.98. The van der Waals surface area contributed by atoms with Gasteiger partial charge in [0.2, 0.25) is 0 Å². The van der Waals surface area contributed by atoms with Crippen molar-refractivity contribution in [3.8, 4) is 11.5 Å². The van der Waals surface area contributed by atoms with E-state index < -0.39 is 6.10 Å². The van der Waals surface area contributed by atoms with E-state index >= 15 is 0 Å². The van der Waals surface area contributed by atoms with E-state index in [9.17, 15) is 5.11 Å². The molecule has 0 heterocycles. The van der Waals surface area contributed by atoms with Gasteiger partial charge in [-0.15, -0.1) is 0 Å². The van der Waals surface area contributed by atoms with E-state index in [-0.39, 0.29) is 0 Å². The van der Waals surface area contributed by atoms with Gasteiger partial charge in [-0.25, -0.2) is 0 Å². The number of aliphatic hydroxyl groups excluding tert-OH is 1. The maximum Gasteiger partial charge on any atom is 0.174 e. The van der Waals surface area contributed by atoms with Crippen LogP contribution in [0.4, 0.5) is 0 Å². The Kier molecular flexibility index (Phi) is 6.89. The van der Waals surface area contributed by atoms with Crippen molar-refractivity contribution in [2.75, 3.05) is 20.3 Å². The number of aliphatic hydroxyl groups is 1. The predicted octanol–water partition coefficient (Wildman–Crippen LogP) is 3.68. The Morgan fingerprint density at radius 2 is 1.96 bits per heavy atom. The summed E-state index contributed by atoms with van der Waals surface area (Å²) < 4.78 is 11.8. The molecule has 0 unspecified atom stereocenters. The Bertz CT molecular complexity index is 619. The summed E-state index contributed by atoms with van der Waals surface area (Å²) in [6, 6.07) is 13.6. The van der Waals surface area contributed by atoms with Gasteiger partial charge in [-0.05, 0) is 46.1 Å². The number of rotatable bonds is 8. The van der Waals surface area contributed by atoms with Crippen LogP contribution in [-0.2, 0) is 6.54 Å². The van der Waals surface area contributed by atoms with E-state index in [1.165, 1.54) is 0 Å². The van der Waals surface area contributed by atoms with E-state index in [4.69, 9.17) is 9.47 Å². The summed E-state index contributed by atoms with van der Waals surface area (Å²) >= 11 is 3.50. The predicted molar refractivity (Wildman–Crippen MR) is 95.0 cm³/mol. The van der Waals surface area contributed by atoms with Gasteiger partial charge in [-0.3, -0.25) is 0 Å². The van der Waals surface area contributed by atoms with Crippen LogP contribution in [0.3, 0.4) is 0 Å².